The highest BCUT2D eigenvalue weighted by atomic mass is 127. The standard InChI is InChI=1S/C14H9IN2/c15-13-6-2-1-5-11(13)9-12(10-16)14-7-3-4-8-17-14/h1-9H. The van der Waals surface area contributed by atoms with Crippen molar-refractivity contribution in [2.75, 3.05) is 0 Å². The zero-order valence-corrected chi connectivity index (χ0v) is 11.1. The Balaban J connectivity index is 2.45. The number of pyridine rings is 1. The zero-order chi connectivity index (χ0) is 12.1. The summed E-state index contributed by atoms with van der Waals surface area (Å²) in [6, 6.07) is 15.7. The Morgan fingerprint density at radius 2 is 1.94 bits per heavy atom. The Kier molecular flexibility index (Phi) is 3.89. The van der Waals surface area contributed by atoms with Crippen molar-refractivity contribution in [1.29, 1.82) is 5.26 Å². The molecule has 2 aromatic rings. The number of rotatable bonds is 2. The topological polar surface area (TPSA) is 36.7 Å². The molecule has 1 aromatic heterocycles. The van der Waals surface area contributed by atoms with Gasteiger partial charge >= 0.3 is 0 Å². The van der Waals surface area contributed by atoms with E-state index < -0.39 is 0 Å². The Bertz CT molecular complexity index is 583. The monoisotopic (exact) mass is 332 g/mol. The smallest absolute Gasteiger partial charge is 0.101 e. The lowest BCUT2D eigenvalue weighted by atomic mass is 10.1. The van der Waals surface area contributed by atoms with E-state index in [1.165, 1.54) is 0 Å². The van der Waals surface area contributed by atoms with Gasteiger partial charge in [-0.25, -0.2) is 0 Å². The summed E-state index contributed by atoms with van der Waals surface area (Å²) in [5, 5.41) is 9.17. The van der Waals surface area contributed by atoms with E-state index in [0.717, 1.165) is 9.13 Å². The first-order chi connectivity index (χ1) is 8.31. The van der Waals surface area contributed by atoms with Crippen molar-refractivity contribution in [3.8, 4) is 6.07 Å². The van der Waals surface area contributed by atoms with Crippen molar-refractivity contribution in [2.24, 2.45) is 0 Å². The molecular weight excluding hydrogens is 323 g/mol. The van der Waals surface area contributed by atoms with E-state index in [4.69, 9.17) is 0 Å². The molecule has 0 aliphatic rings. The van der Waals surface area contributed by atoms with Gasteiger partial charge in [-0.15, -0.1) is 0 Å². The van der Waals surface area contributed by atoms with Crippen LogP contribution in [0.25, 0.3) is 11.6 Å². The lowest BCUT2D eigenvalue weighted by Crippen LogP contribution is -1.87. The van der Waals surface area contributed by atoms with Crippen LogP contribution < -0.4 is 0 Å². The fourth-order valence-electron chi connectivity index (χ4n) is 1.43. The van der Waals surface area contributed by atoms with Crippen molar-refractivity contribution in [2.45, 2.75) is 0 Å². The van der Waals surface area contributed by atoms with E-state index in [0.29, 0.717) is 11.3 Å². The van der Waals surface area contributed by atoms with Crippen molar-refractivity contribution in [3.05, 3.63) is 63.5 Å². The Morgan fingerprint density at radius 3 is 2.59 bits per heavy atom. The molecule has 0 bridgehead atoms. The first-order valence-electron chi connectivity index (χ1n) is 5.09. The van der Waals surface area contributed by atoms with Gasteiger partial charge in [-0.3, -0.25) is 4.98 Å². The predicted molar refractivity (Wildman–Crippen MR) is 76.9 cm³/mol. The Morgan fingerprint density at radius 1 is 1.18 bits per heavy atom. The fraction of sp³-hybridized carbons (Fsp3) is 0. The van der Waals surface area contributed by atoms with E-state index in [-0.39, 0.29) is 0 Å². The van der Waals surface area contributed by atoms with Crippen molar-refractivity contribution >= 4 is 34.2 Å². The summed E-state index contributed by atoms with van der Waals surface area (Å²) in [4.78, 5) is 4.18. The van der Waals surface area contributed by atoms with Gasteiger partial charge in [0.25, 0.3) is 0 Å². The van der Waals surface area contributed by atoms with Crippen LogP contribution in [0.4, 0.5) is 0 Å². The summed E-state index contributed by atoms with van der Waals surface area (Å²) < 4.78 is 1.12. The number of benzene rings is 1. The van der Waals surface area contributed by atoms with Crippen molar-refractivity contribution in [3.63, 3.8) is 0 Å². The molecule has 0 fully saturated rings. The van der Waals surface area contributed by atoms with Crippen LogP contribution >= 0.6 is 22.6 Å². The molecule has 17 heavy (non-hydrogen) atoms. The van der Waals surface area contributed by atoms with Crippen LogP contribution in [0, 0.1) is 14.9 Å². The number of nitrogens with zero attached hydrogens (tertiary/aromatic N) is 2. The van der Waals surface area contributed by atoms with Crippen molar-refractivity contribution < 1.29 is 0 Å². The van der Waals surface area contributed by atoms with Crippen LogP contribution in [0.15, 0.2) is 48.7 Å². The molecule has 0 radical (unpaired) electrons. The minimum atomic E-state index is 0.578. The summed E-state index contributed by atoms with van der Waals surface area (Å²) >= 11 is 2.26. The van der Waals surface area contributed by atoms with Crippen LogP contribution in [0.1, 0.15) is 11.3 Å². The van der Waals surface area contributed by atoms with Gasteiger partial charge in [0.15, 0.2) is 0 Å². The first kappa shape index (κ1) is 11.8. The summed E-state index contributed by atoms with van der Waals surface area (Å²) in [6.07, 6.45) is 3.56. The SMILES string of the molecule is N#CC(=Cc1ccccc1I)c1ccccn1. The minimum Gasteiger partial charge on any atom is -0.256 e. The number of hydrogen-bond acceptors (Lipinski definition) is 2. The minimum absolute atomic E-state index is 0.578. The second-order valence-corrected chi connectivity index (χ2v) is 4.57. The lowest BCUT2D eigenvalue weighted by Gasteiger charge is -2.00. The summed E-state index contributed by atoms with van der Waals surface area (Å²) in [5.41, 5.74) is 2.32. The summed E-state index contributed by atoms with van der Waals surface area (Å²) in [5.74, 6) is 0. The van der Waals surface area contributed by atoms with Crippen LogP contribution in [-0.2, 0) is 0 Å². The molecule has 1 heterocycles. The lowest BCUT2D eigenvalue weighted by molar-refractivity contribution is 1.28. The summed E-state index contributed by atoms with van der Waals surface area (Å²) in [6.45, 7) is 0. The molecule has 82 valence electrons. The number of hydrogen-bond donors (Lipinski definition) is 0. The third kappa shape index (κ3) is 2.92. The Hall–Kier alpha value is -1.67. The molecule has 0 saturated heterocycles. The van der Waals surface area contributed by atoms with Gasteiger partial charge in [-0.2, -0.15) is 5.26 Å². The van der Waals surface area contributed by atoms with Crippen LogP contribution in [-0.4, -0.2) is 4.98 Å². The highest BCUT2D eigenvalue weighted by Crippen LogP contribution is 2.19. The van der Waals surface area contributed by atoms with Crippen LogP contribution in [0.3, 0.4) is 0 Å². The van der Waals surface area contributed by atoms with Gasteiger partial charge in [0.1, 0.15) is 6.07 Å². The molecule has 0 aliphatic carbocycles. The number of aromatic nitrogens is 1. The molecule has 0 aliphatic heterocycles. The third-order valence-corrected chi connectivity index (χ3v) is 3.25. The average Bonchev–Trinajstić information content (AvgIpc) is 2.39. The third-order valence-electron chi connectivity index (χ3n) is 2.27. The second kappa shape index (κ2) is 5.60. The number of nitriles is 1. The highest BCUT2D eigenvalue weighted by Gasteiger charge is 2.02. The quantitative estimate of drug-likeness (QED) is 0.620. The molecule has 1 aromatic carbocycles. The van der Waals surface area contributed by atoms with Gasteiger partial charge in [0.05, 0.1) is 11.3 Å². The van der Waals surface area contributed by atoms with E-state index in [9.17, 15) is 5.26 Å². The number of allylic oxidation sites excluding steroid dienone is 1. The van der Waals surface area contributed by atoms with Gasteiger partial charge in [-0.05, 0) is 52.4 Å². The normalized spacial score (nSPS) is 10.9. The largest absolute Gasteiger partial charge is 0.256 e. The average molecular weight is 332 g/mol. The molecule has 0 N–H and O–H groups in total. The molecular formula is C14H9IN2. The molecule has 2 nitrogen and oxygen atoms in total. The number of halogens is 1. The predicted octanol–water partition coefficient (Wildman–Crippen LogP) is 3.75. The van der Waals surface area contributed by atoms with Gasteiger partial charge in [-0.1, -0.05) is 24.3 Å². The summed E-state index contributed by atoms with van der Waals surface area (Å²) in [7, 11) is 0. The molecule has 0 atom stereocenters. The van der Waals surface area contributed by atoms with Gasteiger partial charge in [0.2, 0.25) is 0 Å². The molecule has 3 heteroatoms. The molecule has 0 saturated carbocycles. The van der Waals surface area contributed by atoms with Gasteiger partial charge in [0, 0.05) is 9.77 Å². The maximum Gasteiger partial charge on any atom is 0.101 e. The molecule has 0 unspecified atom stereocenters. The van der Waals surface area contributed by atoms with E-state index in [2.05, 4.69) is 33.6 Å². The zero-order valence-electron chi connectivity index (χ0n) is 8.97. The second-order valence-electron chi connectivity index (χ2n) is 3.41. The molecule has 0 amide bonds. The van der Waals surface area contributed by atoms with E-state index >= 15 is 0 Å². The Labute approximate surface area is 114 Å². The van der Waals surface area contributed by atoms with Crippen LogP contribution in [0.2, 0.25) is 0 Å². The van der Waals surface area contributed by atoms with E-state index in [1.54, 1.807) is 6.20 Å². The first-order valence-corrected chi connectivity index (χ1v) is 6.17. The molecule has 0 spiro atoms. The van der Waals surface area contributed by atoms with Gasteiger partial charge < -0.3 is 0 Å². The van der Waals surface area contributed by atoms with Crippen LogP contribution in [0.5, 0.6) is 0 Å². The maximum atomic E-state index is 9.17. The van der Waals surface area contributed by atoms with E-state index in [1.807, 2.05) is 48.5 Å². The molecule has 2 rings (SSSR count). The van der Waals surface area contributed by atoms with Crippen molar-refractivity contribution in [1.82, 2.24) is 4.98 Å². The maximum absolute atomic E-state index is 9.17. The fourth-order valence-corrected chi connectivity index (χ4v) is 1.98. The highest BCUT2D eigenvalue weighted by molar-refractivity contribution is 14.1.